The van der Waals surface area contributed by atoms with Gasteiger partial charge in [0.05, 0.1) is 45.1 Å². The average molecular weight is 1090 g/mol. The molecule has 5 heterocycles. The number of aryl methyl sites for hydroxylation is 1. The number of aromatic nitrogens is 3. The second-order valence-corrected chi connectivity index (χ2v) is 23.1. The molecule has 0 bridgehead atoms. The number of rotatable bonds is 19. The number of benzene rings is 4. The van der Waals surface area contributed by atoms with Crippen LogP contribution in [0.15, 0.2) is 103 Å². The Hall–Kier alpha value is -7.54. The molecule has 78 heavy (non-hydrogen) atoms. The van der Waals surface area contributed by atoms with Crippen molar-refractivity contribution in [2.24, 2.45) is 5.41 Å². The minimum absolute atomic E-state index is 0.00923. The second kappa shape index (κ2) is 24.0. The zero-order chi connectivity index (χ0) is 55.3. The lowest BCUT2D eigenvalue weighted by Gasteiger charge is -2.35. The number of para-hydroxylation sites is 1. The van der Waals surface area contributed by atoms with E-state index in [9.17, 15) is 34.2 Å². The average Bonchev–Trinajstić information content (AvgIpc) is 4.25. The topological polar surface area (TPSA) is 216 Å². The van der Waals surface area contributed by atoms with Gasteiger partial charge in [-0.3, -0.25) is 24.5 Å². The fourth-order valence-electron chi connectivity index (χ4n) is 10.3. The number of hydrogen-bond donors (Lipinski definition) is 5. The molecule has 5 N–H and O–H groups in total. The van der Waals surface area contributed by atoms with Crippen LogP contribution in [-0.4, -0.2) is 97.5 Å². The number of hydrogen-bond acceptors (Lipinski definition) is 13. The first-order valence-corrected chi connectivity index (χ1v) is 28.2. The number of aromatic carboxylic acids is 1. The Balaban J connectivity index is 0.749. The van der Waals surface area contributed by atoms with Gasteiger partial charge < -0.3 is 35.4 Å². The highest BCUT2D eigenvalue weighted by Gasteiger charge is 2.45. The Morgan fingerprint density at radius 1 is 0.859 bits per heavy atom. The normalized spacial score (nSPS) is 16.1. The molecule has 1 saturated heterocycles. The quantitative estimate of drug-likeness (QED) is 0.0478. The molecular formula is C60H66N8O8S2. The molecule has 406 valence electrons. The lowest BCUT2D eigenvalue weighted by Crippen LogP contribution is -2.57. The van der Waals surface area contributed by atoms with Crippen LogP contribution in [0, 0.1) is 19.3 Å². The number of carbonyl (C=O) groups excluding carboxylic acids is 4. The molecule has 4 atom stereocenters. The van der Waals surface area contributed by atoms with Gasteiger partial charge in [0, 0.05) is 43.6 Å². The fourth-order valence-corrected chi connectivity index (χ4v) is 12.0. The molecule has 18 heteroatoms. The summed E-state index contributed by atoms with van der Waals surface area (Å²) in [5.41, 5.74) is 9.16. The monoisotopic (exact) mass is 1090 g/mol. The van der Waals surface area contributed by atoms with Crippen LogP contribution < -0.4 is 25.6 Å². The zero-order valence-electron chi connectivity index (χ0n) is 44.8. The van der Waals surface area contributed by atoms with E-state index in [1.54, 1.807) is 23.5 Å². The number of aliphatic hydroxyl groups excluding tert-OH is 1. The smallest absolute Gasteiger partial charge is 0.355 e. The van der Waals surface area contributed by atoms with Crippen LogP contribution in [0.4, 0.5) is 10.9 Å². The van der Waals surface area contributed by atoms with Gasteiger partial charge in [0.2, 0.25) is 17.7 Å². The maximum Gasteiger partial charge on any atom is 0.355 e. The van der Waals surface area contributed by atoms with E-state index in [1.807, 2.05) is 137 Å². The highest BCUT2D eigenvalue weighted by atomic mass is 32.1. The zero-order valence-corrected chi connectivity index (χ0v) is 46.4. The fraction of sp³-hybridized carbons (Fsp3) is 0.367. The number of nitrogens with one attached hydrogen (secondary N) is 3. The number of carbonyl (C=O) groups is 5. The van der Waals surface area contributed by atoms with Crippen LogP contribution in [0.1, 0.15) is 121 Å². The predicted molar refractivity (Wildman–Crippen MR) is 305 cm³/mol. The summed E-state index contributed by atoms with van der Waals surface area (Å²) in [4.78, 5) is 86.0. The van der Waals surface area contributed by atoms with Crippen LogP contribution >= 0.6 is 22.7 Å². The Kier molecular flexibility index (Phi) is 17.0. The van der Waals surface area contributed by atoms with Gasteiger partial charge in [-0.1, -0.05) is 106 Å². The van der Waals surface area contributed by atoms with Crippen molar-refractivity contribution in [3.63, 3.8) is 0 Å². The Morgan fingerprint density at radius 2 is 1.63 bits per heavy atom. The maximum absolute atomic E-state index is 14.2. The van der Waals surface area contributed by atoms with E-state index < -0.39 is 35.5 Å². The first-order valence-electron chi connectivity index (χ1n) is 26.5. The lowest BCUT2D eigenvalue weighted by molar-refractivity contribution is -0.144. The molecule has 0 spiro atoms. The van der Waals surface area contributed by atoms with Gasteiger partial charge in [0.1, 0.15) is 23.7 Å². The number of aliphatic hydroxyl groups is 1. The van der Waals surface area contributed by atoms with Crippen molar-refractivity contribution >= 4 is 73.4 Å². The number of pyridine rings is 1. The highest BCUT2D eigenvalue weighted by Crippen LogP contribution is 2.36. The first-order chi connectivity index (χ1) is 37.4. The van der Waals surface area contributed by atoms with Crippen molar-refractivity contribution in [3.05, 3.63) is 142 Å². The molecule has 4 aromatic carbocycles. The van der Waals surface area contributed by atoms with Crippen molar-refractivity contribution in [2.45, 2.75) is 117 Å². The predicted octanol–water partition coefficient (Wildman–Crippen LogP) is 10.3. The number of unbranched alkanes of at least 4 members (excludes halogenated alkanes) is 3. The molecule has 2 aliphatic heterocycles. The van der Waals surface area contributed by atoms with E-state index in [0.717, 1.165) is 61.4 Å². The summed E-state index contributed by atoms with van der Waals surface area (Å²) in [7, 11) is 0. The van der Waals surface area contributed by atoms with E-state index in [0.29, 0.717) is 72.3 Å². The maximum atomic E-state index is 14.2. The first kappa shape index (κ1) is 55.2. The van der Waals surface area contributed by atoms with E-state index in [-0.39, 0.29) is 48.8 Å². The summed E-state index contributed by atoms with van der Waals surface area (Å²) in [6.45, 7) is 12.7. The number of fused-ring (bicyclic) bond motifs is 2. The van der Waals surface area contributed by atoms with Crippen LogP contribution in [0.5, 0.6) is 5.75 Å². The van der Waals surface area contributed by atoms with Crippen LogP contribution in [-0.2, 0) is 27.3 Å². The third-order valence-electron chi connectivity index (χ3n) is 14.6. The SMILES string of the molecule is Cc1ncsc1-c1ccc([C@H](C)NC(=O)[C@@H]2C[C@@H](O)CN2C(=O)C(NC(=O)CCCCCCOc2cccc(-c3ccc(N4CCc5cccc(C(=O)Nc6nc7ccccc7s6)c5C4)nc3C(=O)O)c2C)C(C)(C)C)cc1. The third-order valence-corrected chi connectivity index (χ3v) is 16.6. The second-order valence-electron chi connectivity index (χ2n) is 21.2. The van der Waals surface area contributed by atoms with Crippen LogP contribution in [0.25, 0.3) is 31.8 Å². The molecule has 7 aromatic rings. The molecule has 0 radical (unpaired) electrons. The molecule has 16 nitrogen and oxygen atoms in total. The van der Waals surface area contributed by atoms with Crippen molar-refractivity contribution in [2.75, 3.05) is 29.9 Å². The van der Waals surface area contributed by atoms with E-state index >= 15 is 0 Å². The Bertz CT molecular complexity index is 3320. The Morgan fingerprint density at radius 3 is 2.37 bits per heavy atom. The largest absolute Gasteiger partial charge is 0.493 e. The standard InChI is InChI=1S/C60H66N8O8S2/c1-35-42(43-26-27-50(64-52(43)58(74)75)67-29-28-39-15-13-17-44(45(39)33-67)55(71)66-59-63-46-18-10-11-20-49(46)78-59)16-14-19-48(35)76-30-12-8-7-9-21-51(70)65-54(60(4,5)6)57(73)68-32-41(69)31-47(68)56(72)62-36(2)38-22-24-40(25-23-38)53-37(3)61-34-77-53/h10-11,13-20,22-27,34,36,41,47,54,69H,7-9,12,21,28-33H2,1-6H3,(H,62,72)(H,65,70)(H,74,75)(H,63,66,71)/t36-,41+,47-,54?/m0/s1. The number of carboxylic acid groups (broad SMARTS) is 1. The van der Waals surface area contributed by atoms with Crippen molar-refractivity contribution in [1.29, 1.82) is 0 Å². The van der Waals surface area contributed by atoms with E-state index in [1.165, 1.54) is 16.2 Å². The summed E-state index contributed by atoms with van der Waals surface area (Å²) >= 11 is 2.99. The summed E-state index contributed by atoms with van der Waals surface area (Å²) in [6, 6.07) is 28.4. The highest BCUT2D eigenvalue weighted by molar-refractivity contribution is 7.22. The number of anilines is 2. The molecule has 1 unspecified atom stereocenters. The van der Waals surface area contributed by atoms with Gasteiger partial charge in [0.15, 0.2) is 10.8 Å². The molecular weight excluding hydrogens is 1020 g/mol. The molecule has 0 saturated carbocycles. The third kappa shape index (κ3) is 12.6. The summed E-state index contributed by atoms with van der Waals surface area (Å²) in [6.07, 6.45) is 2.92. The summed E-state index contributed by atoms with van der Waals surface area (Å²) in [5, 5.41) is 30.7. The van der Waals surface area contributed by atoms with E-state index in [4.69, 9.17) is 9.72 Å². The van der Waals surface area contributed by atoms with Gasteiger partial charge in [-0.05, 0) is 115 Å². The van der Waals surface area contributed by atoms with E-state index in [2.05, 4.69) is 25.9 Å². The number of likely N-dealkylation sites (tertiary alicyclic amines) is 1. The minimum Gasteiger partial charge on any atom is -0.493 e. The molecule has 3 aromatic heterocycles. The number of amides is 4. The molecule has 4 amide bonds. The number of nitrogens with zero attached hydrogens (tertiary/aromatic N) is 5. The van der Waals surface area contributed by atoms with Crippen molar-refractivity contribution in [1.82, 2.24) is 30.5 Å². The van der Waals surface area contributed by atoms with Crippen molar-refractivity contribution < 1.29 is 38.9 Å². The number of ether oxygens (including phenoxy) is 1. The van der Waals surface area contributed by atoms with Gasteiger partial charge in [-0.25, -0.2) is 19.7 Å². The molecule has 0 aliphatic carbocycles. The minimum atomic E-state index is -1.16. The number of β-amino-alcohol motifs (C(OH)–C–C–N with tert-alkyl or cyclic N) is 1. The van der Waals surface area contributed by atoms with Gasteiger partial charge in [0.25, 0.3) is 5.91 Å². The number of carboxylic acids is 1. The van der Waals surface area contributed by atoms with Crippen LogP contribution in [0.2, 0.25) is 0 Å². The molecule has 9 rings (SSSR count). The summed E-state index contributed by atoms with van der Waals surface area (Å²) in [5.74, 6) is -1.32. The van der Waals surface area contributed by atoms with Gasteiger partial charge in [-0.2, -0.15) is 0 Å². The van der Waals surface area contributed by atoms with Gasteiger partial charge in [-0.15, -0.1) is 11.3 Å². The Labute approximate surface area is 462 Å². The van der Waals surface area contributed by atoms with Crippen LogP contribution in [0.3, 0.4) is 0 Å². The summed E-state index contributed by atoms with van der Waals surface area (Å²) < 4.78 is 7.22. The van der Waals surface area contributed by atoms with Gasteiger partial charge >= 0.3 is 5.97 Å². The van der Waals surface area contributed by atoms with Crippen molar-refractivity contribution in [3.8, 4) is 27.3 Å². The molecule has 1 fully saturated rings. The lowest BCUT2D eigenvalue weighted by atomic mass is 9.85. The molecule has 2 aliphatic rings. The number of thiazole rings is 2.